The summed E-state index contributed by atoms with van der Waals surface area (Å²) in [5.74, 6) is 0. The van der Waals surface area contributed by atoms with Crippen molar-refractivity contribution in [3.05, 3.63) is 0 Å². The lowest BCUT2D eigenvalue weighted by atomic mass is 9.89. The number of hydrogen-bond acceptors (Lipinski definition) is 3. The van der Waals surface area contributed by atoms with Crippen LogP contribution >= 0.6 is 0 Å². The van der Waals surface area contributed by atoms with Crippen LogP contribution in [0.3, 0.4) is 0 Å². The van der Waals surface area contributed by atoms with Gasteiger partial charge in [0, 0.05) is 19.1 Å². The number of fused-ring (bicyclic) bond motifs is 1. The Morgan fingerprint density at radius 1 is 1.13 bits per heavy atom. The number of amides is 3. The number of carbonyl (C=O) groups is 2. The zero-order chi connectivity index (χ0) is 16.6. The maximum atomic E-state index is 12.4. The molecule has 3 amide bonds. The van der Waals surface area contributed by atoms with Crippen molar-refractivity contribution < 1.29 is 14.3 Å². The highest BCUT2D eigenvalue weighted by atomic mass is 16.6. The Kier molecular flexibility index (Phi) is 4.43. The molecule has 1 saturated carbocycles. The van der Waals surface area contributed by atoms with Gasteiger partial charge in [0.2, 0.25) is 0 Å². The Morgan fingerprint density at radius 3 is 2.43 bits per heavy atom. The first-order valence-corrected chi connectivity index (χ1v) is 8.92. The summed E-state index contributed by atoms with van der Waals surface area (Å²) < 4.78 is 5.44. The number of urea groups is 1. The molecule has 0 aromatic rings. The van der Waals surface area contributed by atoms with Crippen molar-refractivity contribution >= 4 is 12.1 Å². The Balaban J connectivity index is 1.56. The number of carbonyl (C=O) groups excluding carboxylic acids is 2. The molecule has 2 aliphatic heterocycles. The predicted octanol–water partition coefficient (Wildman–Crippen LogP) is 2.72. The van der Waals surface area contributed by atoms with E-state index in [9.17, 15) is 9.59 Å². The van der Waals surface area contributed by atoms with Crippen LogP contribution in [-0.2, 0) is 4.74 Å². The average molecular weight is 323 g/mol. The molecule has 0 spiro atoms. The minimum Gasteiger partial charge on any atom is -0.444 e. The van der Waals surface area contributed by atoms with E-state index in [4.69, 9.17) is 4.74 Å². The summed E-state index contributed by atoms with van der Waals surface area (Å²) in [6.07, 6.45) is 6.08. The molecule has 3 rings (SSSR count). The molecular formula is C17H29N3O3. The molecule has 2 saturated heterocycles. The molecule has 130 valence electrons. The molecule has 0 aromatic heterocycles. The summed E-state index contributed by atoms with van der Waals surface area (Å²) in [5.41, 5.74) is -0.460. The van der Waals surface area contributed by atoms with Gasteiger partial charge in [-0.3, -0.25) is 0 Å². The van der Waals surface area contributed by atoms with Gasteiger partial charge in [-0.25, -0.2) is 9.59 Å². The minimum atomic E-state index is -0.460. The van der Waals surface area contributed by atoms with Gasteiger partial charge >= 0.3 is 12.1 Å². The number of likely N-dealkylation sites (tertiary alicyclic amines) is 1. The molecular weight excluding hydrogens is 294 g/mol. The minimum absolute atomic E-state index is 0.0950. The summed E-state index contributed by atoms with van der Waals surface area (Å²) in [7, 11) is 0. The normalized spacial score (nSPS) is 29.3. The summed E-state index contributed by atoms with van der Waals surface area (Å²) in [6, 6.07) is 1.04. The zero-order valence-corrected chi connectivity index (χ0v) is 14.5. The second-order valence-electron chi connectivity index (χ2n) is 8.01. The maximum absolute atomic E-state index is 12.4. The quantitative estimate of drug-likeness (QED) is 0.807. The van der Waals surface area contributed by atoms with Crippen molar-refractivity contribution in [2.75, 3.05) is 13.1 Å². The molecule has 23 heavy (non-hydrogen) atoms. The van der Waals surface area contributed by atoms with Gasteiger partial charge in [0.15, 0.2) is 0 Å². The molecule has 1 unspecified atom stereocenters. The maximum Gasteiger partial charge on any atom is 0.410 e. The third-order valence-electron chi connectivity index (χ3n) is 5.14. The number of hydrogen-bond donors (Lipinski definition) is 1. The zero-order valence-electron chi connectivity index (χ0n) is 14.5. The smallest absolute Gasteiger partial charge is 0.410 e. The van der Waals surface area contributed by atoms with Crippen LogP contribution < -0.4 is 5.32 Å². The van der Waals surface area contributed by atoms with Crippen LogP contribution in [0.25, 0.3) is 0 Å². The lowest BCUT2D eigenvalue weighted by molar-refractivity contribution is 0.0151. The Bertz CT molecular complexity index is 466. The summed E-state index contributed by atoms with van der Waals surface area (Å²) in [6.45, 7) is 6.99. The second kappa shape index (κ2) is 6.21. The highest BCUT2D eigenvalue weighted by Gasteiger charge is 2.44. The van der Waals surface area contributed by atoms with Crippen molar-refractivity contribution in [2.24, 2.45) is 0 Å². The van der Waals surface area contributed by atoms with Crippen molar-refractivity contribution in [3.63, 3.8) is 0 Å². The van der Waals surface area contributed by atoms with E-state index >= 15 is 0 Å². The lowest BCUT2D eigenvalue weighted by Crippen LogP contribution is -2.51. The van der Waals surface area contributed by atoms with Crippen LogP contribution in [0.1, 0.15) is 59.3 Å². The van der Waals surface area contributed by atoms with Crippen LogP contribution in [0, 0.1) is 0 Å². The van der Waals surface area contributed by atoms with Crippen LogP contribution in [0.4, 0.5) is 9.59 Å². The summed E-state index contributed by atoms with van der Waals surface area (Å²) >= 11 is 0. The largest absolute Gasteiger partial charge is 0.444 e. The molecule has 2 atom stereocenters. The molecule has 6 heteroatoms. The van der Waals surface area contributed by atoms with E-state index < -0.39 is 5.60 Å². The fourth-order valence-corrected chi connectivity index (χ4v) is 4.09. The molecule has 1 N–H and O–H groups in total. The van der Waals surface area contributed by atoms with Crippen molar-refractivity contribution in [3.8, 4) is 0 Å². The number of ether oxygens (including phenoxy) is 1. The van der Waals surface area contributed by atoms with E-state index in [0.717, 1.165) is 25.7 Å². The van der Waals surface area contributed by atoms with Gasteiger partial charge in [0.05, 0.1) is 12.1 Å². The summed E-state index contributed by atoms with van der Waals surface area (Å²) in [5, 5.41) is 3.15. The van der Waals surface area contributed by atoms with Crippen LogP contribution in [0.5, 0.6) is 0 Å². The topological polar surface area (TPSA) is 61.9 Å². The van der Waals surface area contributed by atoms with E-state index in [2.05, 4.69) is 10.2 Å². The monoisotopic (exact) mass is 323 g/mol. The van der Waals surface area contributed by atoms with Crippen LogP contribution in [-0.4, -0.2) is 58.7 Å². The number of rotatable bonds is 1. The Morgan fingerprint density at radius 2 is 1.78 bits per heavy atom. The Labute approximate surface area is 138 Å². The molecule has 3 fully saturated rings. The highest BCUT2D eigenvalue weighted by Crippen LogP contribution is 2.32. The fraction of sp³-hybridized carbons (Fsp3) is 0.882. The number of piperidine rings is 1. The van der Waals surface area contributed by atoms with Gasteiger partial charge in [0.25, 0.3) is 0 Å². The first-order chi connectivity index (χ1) is 10.8. The number of nitrogens with zero attached hydrogens (tertiary/aromatic N) is 2. The van der Waals surface area contributed by atoms with E-state index in [1.54, 1.807) is 4.90 Å². The molecule has 3 aliphatic rings. The standard InChI is InChI=1S/C17H29N3O3/c1-17(2,3)23-16(22)19-10-8-12(9-11-19)20-14-7-5-4-6-13(14)18-15(20)21/h12-14H,4-11H2,1-3H3,(H,18,21)/t13?,14-/m1/s1. The van der Waals surface area contributed by atoms with Gasteiger partial charge in [-0.05, 0) is 46.5 Å². The molecule has 0 bridgehead atoms. The fourth-order valence-electron chi connectivity index (χ4n) is 4.09. The van der Waals surface area contributed by atoms with Gasteiger partial charge in [0.1, 0.15) is 5.60 Å². The van der Waals surface area contributed by atoms with E-state index in [0.29, 0.717) is 25.2 Å². The molecule has 0 radical (unpaired) electrons. The molecule has 0 aromatic carbocycles. The van der Waals surface area contributed by atoms with E-state index in [1.165, 1.54) is 12.8 Å². The molecule has 1 aliphatic carbocycles. The predicted molar refractivity (Wildman–Crippen MR) is 87.2 cm³/mol. The summed E-state index contributed by atoms with van der Waals surface area (Å²) in [4.78, 5) is 28.3. The first kappa shape index (κ1) is 16.4. The lowest BCUT2D eigenvalue weighted by Gasteiger charge is -2.40. The van der Waals surface area contributed by atoms with Crippen LogP contribution in [0.15, 0.2) is 0 Å². The van der Waals surface area contributed by atoms with Gasteiger partial charge in [-0.1, -0.05) is 12.8 Å². The average Bonchev–Trinajstić information content (AvgIpc) is 2.81. The third kappa shape index (κ3) is 3.56. The Hall–Kier alpha value is -1.46. The van der Waals surface area contributed by atoms with E-state index in [1.807, 2.05) is 20.8 Å². The van der Waals surface area contributed by atoms with Crippen molar-refractivity contribution in [2.45, 2.75) is 83.0 Å². The van der Waals surface area contributed by atoms with Crippen molar-refractivity contribution in [1.29, 1.82) is 0 Å². The highest BCUT2D eigenvalue weighted by molar-refractivity contribution is 5.78. The molecule has 6 nitrogen and oxygen atoms in total. The van der Waals surface area contributed by atoms with Crippen LogP contribution in [0.2, 0.25) is 0 Å². The van der Waals surface area contributed by atoms with Gasteiger partial charge < -0.3 is 19.9 Å². The van der Waals surface area contributed by atoms with Crippen molar-refractivity contribution in [1.82, 2.24) is 15.1 Å². The van der Waals surface area contributed by atoms with Gasteiger partial charge in [-0.15, -0.1) is 0 Å². The number of nitrogens with one attached hydrogen (secondary N) is 1. The third-order valence-corrected chi connectivity index (χ3v) is 5.14. The van der Waals surface area contributed by atoms with E-state index in [-0.39, 0.29) is 18.2 Å². The SMILES string of the molecule is CC(C)(C)OC(=O)N1CCC(N2C(=O)NC3CCCC[C@H]32)CC1. The first-order valence-electron chi connectivity index (χ1n) is 8.92. The van der Waals surface area contributed by atoms with Gasteiger partial charge in [-0.2, -0.15) is 0 Å². The second-order valence-corrected chi connectivity index (χ2v) is 8.01. The molecule has 2 heterocycles.